The molecule has 10 bridgehead atoms. The number of phenols is 2. The van der Waals surface area contributed by atoms with Crippen LogP contribution in [0, 0.1) is 0 Å². The third kappa shape index (κ3) is 9.82. The highest BCUT2D eigenvalue weighted by molar-refractivity contribution is 7.80. The van der Waals surface area contributed by atoms with Crippen LogP contribution >= 0.6 is 24.4 Å². The summed E-state index contributed by atoms with van der Waals surface area (Å²) in [6.45, 7) is 28.1. The van der Waals surface area contributed by atoms with Gasteiger partial charge < -0.3 is 30.3 Å². The lowest BCUT2D eigenvalue weighted by molar-refractivity contribution is 0.365. The fraction of sp³-hybridized carbons (Fsp3) is 0.480. The Morgan fingerprint density at radius 3 is 0.862 bits per heavy atom. The molecule has 4 aromatic carbocycles. The average molecular weight is 821 g/mol. The lowest BCUT2D eigenvalue weighted by Crippen LogP contribution is -2.37. The van der Waals surface area contributed by atoms with Crippen molar-refractivity contribution in [3.05, 3.63) is 115 Å². The molecular formula is C50H64N2O4S2. The first-order valence-electron chi connectivity index (χ1n) is 20.7. The van der Waals surface area contributed by atoms with E-state index in [2.05, 4.69) is 142 Å². The Balaban J connectivity index is 1.77. The molecule has 0 spiro atoms. The minimum absolute atomic E-state index is 0.170. The Morgan fingerprint density at radius 1 is 0.414 bits per heavy atom. The summed E-state index contributed by atoms with van der Waals surface area (Å²) in [5.41, 5.74) is 11.0. The van der Waals surface area contributed by atoms with Crippen molar-refractivity contribution >= 4 is 34.4 Å². The molecule has 6 nitrogen and oxygen atoms in total. The summed E-state index contributed by atoms with van der Waals surface area (Å²) >= 11 is 11.6. The van der Waals surface area contributed by atoms with Gasteiger partial charge in [0.2, 0.25) is 0 Å². The lowest BCUT2D eigenvalue weighted by Gasteiger charge is -2.28. The molecule has 58 heavy (non-hydrogen) atoms. The highest BCUT2D eigenvalue weighted by Crippen LogP contribution is 2.43. The summed E-state index contributed by atoms with van der Waals surface area (Å²) < 4.78 is 13.6. The SMILES string of the molecule is CC(C)(C)c1cc2c(O)c(c1)Cc1cc(C(C)(C)C)cc3c1OCC(=S)NCCNC(=S)COc1c(cc(C(C)(C)C)cc1Cc1cc(C(C)(C)C)cc(c1O)C3)C2. The molecule has 0 saturated heterocycles. The summed E-state index contributed by atoms with van der Waals surface area (Å²) in [6, 6.07) is 17.6. The molecule has 0 amide bonds. The van der Waals surface area contributed by atoms with Gasteiger partial charge in [0, 0.05) is 38.8 Å². The van der Waals surface area contributed by atoms with E-state index in [1.807, 2.05) is 0 Å². The highest BCUT2D eigenvalue weighted by atomic mass is 32.1. The van der Waals surface area contributed by atoms with Gasteiger partial charge in [0.15, 0.2) is 0 Å². The summed E-state index contributed by atoms with van der Waals surface area (Å²) in [5, 5.41) is 31.6. The zero-order valence-corrected chi connectivity index (χ0v) is 38.4. The van der Waals surface area contributed by atoms with Crippen molar-refractivity contribution in [2.45, 2.75) is 130 Å². The molecule has 1 aliphatic heterocycles. The van der Waals surface area contributed by atoms with Gasteiger partial charge >= 0.3 is 0 Å². The Bertz CT molecular complexity index is 1990. The molecule has 4 N–H and O–H groups in total. The second kappa shape index (κ2) is 16.1. The molecule has 0 fully saturated rings. The second-order valence-electron chi connectivity index (χ2n) is 20.5. The first-order chi connectivity index (χ1) is 26.9. The maximum absolute atomic E-state index is 12.4. The molecule has 1 heterocycles. The molecule has 4 aromatic rings. The summed E-state index contributed by atoms with van der Waals surface area (Å²) in [5.74, 6) is 1.99. The molecule has 2 aliphatic rings. The van der Waals surface area contributed by atoms with Crippen LogP contribution in [-0.2, 0) is 47.3 Å². The number of phenolic OH excluding ortho intramolecular Hbond substituents is 2. The van der Waals surface area contributed by atoms with E-state index in [1.54, 1.807) is 0 Å². The van der Waals surface area contributed by atoms with E-state index in [-0.39, 0.29) is 46.4 Å². The lowest BCUT2D eigenvalue weighted by atomic mass is 9.79. The van der Waals surface area contributed by atoms with Crippen LogP contribution < -0.4 is 20.1 Å². The van der Waals surface area contributed by atoms with Crippen LogP contribution in [0.3, 0.4) is 0 Å². The Labute approximate surface area is 358 Å². The number of ether oxygens (including phenoxy) is 2. The van der Waals surface area contributed by atoms with Crippen LogP contribution in [0.2, 0.25) is 0 Å². The minimum Gasteiger partial charge on any atom is -0.507 e. The zero-order chi connectivity index (χ0) is 42.5. The highest BCUT2D eigenvalue weighted by Gasteiger charge is 2.29. The van der Waals surface area contributed by atoms with E-state index >= 15 is 0 Å². The molecule has 1 aliphatic carbocycles. The van der Waals surface area contributed by atoms with Crippen molar-refractivity contribution in [3.8, 4) is 23.0 Å². The van der Waals surface area contributed by atoms with Crippen molar-refractivity contribution in [1.82, 2.24) is 10.6 Å². The average Bonchev–Trinajstić information content (AvgIpc) is 3.09. The minimum atomic E-state index is -0.191. The smallest absolute Gasteiger partial charge is 0.138 e. The second-order valence-corrected chi connectivity index (χ2v) is 21.5. The third-order valence-electron chi connectivity index (χ3n) is 11.5. The molecular weight excluding hydrogens is 757 g/mol. The molecule has 0 aromatic heterocycles. The van der Waals surface area contributed by atoms with Crippen LogP contribution in [0.4, 0.5) is 0 Å². The van der Waals surface area contributed by atoms with Gasteiger partial charge in [0.1, 0.15) is 46.2 Å². The predicted molar refractivity (Wildman–Crippen MR) is 247 cm³/mol. The van der Waals surface area contributed by atoms with E-state index in [9.17, 15) is 10.2 Å². The van der Waals surface area contributed by atoms with E-state index in [0.29, 0.717) is 48.7 Å². The van der Waals surface area contributed by atoms with Gasteiger partial charge in [-0.25, -0.2) is 0 Å². The number of nitrogens with one attached hydrogen (secondary N) is 2. The van der Waals surface area contributed by atoms with Gasteiger partial charge in [0.25, 0.3) is 0 Å². The van der Waals surface area contributed by atoms with Gasteiger partial charge in [0.05, 0.1) is 0 Å². The number of thiocarbonyl (C=S) groups is 2. The molecule has 0 radical (unpaired) electrons. The fourth-order valence-electron chi connectivity index (χ4n) is 7.80. The number of rotatable bonds is 0. The Hall–Kier alpha value is -4.14. The molecule has 0 saturated carbocycles. The van der Waals surface area contributed by atoms with Gasteiger partial charge in [-0.1, -0.05) is 156 Å². The first kappa shape index (κ1) is 43.4. The molecule has 310 valence electrons. The van der Waals surface area contributed by atoms with Crippen LogP contribution in [0.25, 0.3) is 0 Å². The van der Waals surface area contributed by atoms with Gasteiger partial charge in [-0.3, -0.25) is 0 Å². The van der Waals surface area contributed by atoms with Crippen molar-refractivity contribution in [1.29, 1.82) is 0 Å². The monoisotopic (exact) mass is 820 g/mol. The maximum atomic E-state index is 12.4. The quantitative estimate of drug-likeness (QED) is 0.115. The van der Waals surface area contributed by atoms with E-state index < -0.39 is 0 Å². The van der Waals surface area contributed by atoms with Crippen molar-refractivity contribution < 1.29 is 19.7 Å². The number of aromatic hydroxyl groups is 2. The Kier molecular flexibility index (Phi) is 12.1. The van der Waals surface area contributed by atoms with E-state index in [1.165, 1.54) is 0 Å². The first-order valence-corrected chi connectivity index (χ1v) is 21.5. The van der Waals surface area contributed by atoms with Crippen LogP contribution in [0.5, 0.6) is 23.0 Å². The normalized spacial score (nSPS) is 15.8. The summed E-state index contributed by atoms with van der Waals surface area (Å²) in [7, 11) is 0. The standard InChI is InChI=1S/C50H64N2O4S2/c1-47(2,3)37-19-29-15-33-23-39(49(7,8)9)25-35-17-31-21-38(48(4,5)6)22-32(44(31)54)18-36-26-40(50(10,11)12)24-34(16-30(20-37)43(29)53)46(36)56-28-42(58)52-14-13-51-41(57)27-55-45(33)35/h19-26,53-54H,13-18,27-28H2,1-12H3,(H,51,57)(H,52,58). The predicted octanol–water partition coefficient (Wildman–Crippen LogP) is 10.6. The molecule has 0 atom stereocenters. The largest absolute Gasteiger partial charge is 0.507 e. The van der Waals surface area contributed by atoms with Crippen LogP contribution in [0.1, 0.15) is 150 Å². The number of hydrogen-bond donors (Lipinski definition) is 4. The third-order valence-corrected chi connectivity index (χ3v) is 12.0. The maximum Gasteiger partial charge on any atom is 0.138 e. The zero-order valence-electron chi connectivity index (χ0n) is 36.8. The van der Waals surface area contributed by atoms with Crippen LogP contribution in [-0.4, -0.2) is 46.5 Å². The van der Waals surface area contributed by atoms with Crippen molar-refractivity contribution in [2.75, 3.05) is 26.3 Å². The van der Waals surface area contributed by atoms with Crippen molar-refractivity contribution in [3.63, 3.8) is 0 Å². The molecule has 0 unspecified atom stereocenters. The number of hydrogen-bond acceptors (Lipinski definition) is 6. The number of benzene rings is 4. The van der Waals surface area contributed by atoms with Crippen molar-refractivity contribution in [2.24, 2.45) is 0 Å². The summed E-state index contributed by atoms with van der Waals surface area (Å²) in [4.78, 5) is 1.15. The van der Waals surface area contributed by atoms with Gasteiger partial charge in [-0.05, 0) is 88.4 Å². The Morgan fingerprint density at radius 2 is 0.638 bits per heavy atom. The topological polar surface area (TPSA) is 83.0 Å². The van der Waals surface area contributed by atoms with E-state index in [0.717, 1.165) is 78.3 Å². The number of fused-ring (bicyclic) bond motifs is 2. The van der Waals surface area contributed by atoms with Gasteiger partial charge in [-0.15, -0.1) is 0 Å². The summed E-state index contributed by atoms with van der Waals surface area (Å²) in [6.07, 6.45) is 1.74. The fourth-order valence-corrected chi connectivity index (χ4v) is 8.12. The molecule has 8 heteroatoms. The molecule has 6 rings (SSSR count). The van der Waals surface area contributed by atoms with Gasteiger partial charge in [-0.2, -0.15) is 0 Å². The van der Waals surface area contributed by atoms with E-state index in [4.69, 9.17) is 33.9 Å². The van der Waals surface area contributed by atoms with Crippen LogP contribution in [0.15, 0.2) is 48.5 Å².